The number of carbonyl (C=O) groups is 1. The van der Waals surface area contributed by atoms with Gasteiger partial charge in [-0.1, -0.05) is 15.9 Å². The molecule has 0 spiro atoms. The van der Waals surface area contributed by atoms with Crippen LogP contribution < -0.4 is 4.74 Å². The van der Waals surface area contributed by atoms with Gasteiger partial charge in [-0.2, -0.15) is 8.42 Å². The summed E-state index contributed by atoms with van der Waals surface area (Å²) in [7, 11) is -3.03. The van der Waals surface area contributed by atoms with E-state index in [9.17, 15) is 13.2 Å². The average molecular weight is 349 g/mol. The van der Waals surface area contributed by atoms with Gasteiger partial charge >= 0.3 is 0 Å². The van der Waals surface area contributed by atoms with E-state index in [-0.39, 0.29) is 38.5 Å². The van der Waals surface area contributed by atoms with E-state index in [0.717, 1.165) is 0 Å². The fourth-order valence-electron chi connectivity index (χ4n) is 1.66. The molecule has 19 heavy (non-hydrogen) atoms. The Morgan fingerprint density at radius 2 is 2.16 bits per heavy atom. The summed E-state index contributed by atoms with van der Waals surface area (Å²) in [5, 5.41) is 0.141. The fraction of sp³-hybridized carbons (Fsp3) is 0.182. The second-order valence-corrected chi connectivity index (χ2v) is 5.60. The monoisotopic (exact) mass is 348 g/mol. The van der Waals surface area contributed by atoms with Gasteiger partial charge in [0.15, 0.2) is 17.1 Å². The highest BCUT2D eigenvalue weighted by Gasteiger charge is 2.22. The molecule has 1 aromatic heterocycles. The minimum absolute atomic E-state index is 0.0127. The lowest BCUT2D eigenvalue weighted by Crippen LogP contribution is -1.99. The van der Waals surface area contributed by atoms with Crippen LogP contribution in [0.5, 0.6) is 5.75 Å². The maximum atomic E-state index is 11.6. The molecular weight excluding hydrogens is 340 g/mol. The highest BCUT2D eigenvalue weighted by atomic mass is 79.9. The van der Waals surface area contributed by atoms with Crippen molar-refractivity contribution in [1.29, 1.82) is 0 Å². The Hall–Kier alpha value is -1.38. The Morgan fingerprint density at radius 1 is 1.47 bits per heavy atom. The highest BCUT2D eigenvalue weighted by Crippen LogP contribution is 2.33. The molecule has 8 heteroatoms. The van der Waals surface area contributed by atoms with E-state index in [1.807, 2.05) is 0 Å². The van der Waals surface area contributed by atoms with Crippen LogP contribution in [0.15, 0.2) is 27.5 Å². The van der Waals surface area contributed by atoms with Crippen LogP contribution in [0.2, 0.25) is 0 Å². The number of ketones is 1. The van der Waals surface area contributed by atoms with Gasteiger partial charge < -0.3 is 9.15 Å². The van der Waals surface area contributed by atoms with Crippen molar-refractivity contribution in [2.24, 2.45) is 0 Å². The lowest BCUT2D eigenvalue weighted by atomic mass is 10.2. The van der Waals surface area contributed by atoms with Crippen LogP contribution >= 0.6 is 15.9 Å². The number of rotatable bonds is 4. The van der Waals surface area contributed by atoms with Crippen molar-refractivity contribution in [3.63, 3.8) is 0 Å². The quantitative estimate of drug-likeness (QED) is 0.517. The van der Waals surface area contributed by atoms with E-state index in [1.54, 1.807) is 0 Å². The second kappa shape index (κ2) is 4.95. The fourth-order valence-corrected chi connectivity index (χ4v) is 2.61. The van der Waals surface area contributed by atoms with Gasteiger partial charge in [0.25, 0.3) is 10.1 Å². The van der Waals surface area contributed by atoms with Crippen LogP contribution in [0.1, 0.15) is 10.6 Å². The maximum Gasteiger partial charge on any atom is 0.295 e. The summed E-state index contributed by atoms with van der Waals surface area (Å²) in [6.45, 7) is 0. The Bertz CT molecular complexity index is 746. The molecule has 0 aliphatic rings. The standard InChI is InChI=1S/C11H9BrO6S/c1-17-8-2-3-10(19(14,15)16)6-4-9(7(13)5-12)18-11(6)8/h2-4H,5H2,1H3,(H,14,15,16). The first kappa shape index (κ1) is 14.0. The van der Waals surface area contributed by atoms with E-state index in [1.165, 1.54) is 25.3 Å². The number of methoxy groups -OCH3 is 1. The zero-order valence-electron chi connectivity index (χ0n) is 9.71. The highest BCUT2D eigenvalue weighted by molar-refractivity contribution is 9.09. The normalized spacial score (nSPS) is 11.7. The van der Waals surface area contributed by atoms with E-state index in [4.69, 9.17) is 13.7 Å². The van der Waals surface area contributed by atoms with Crippen molar-refractivity contribution in [3.05, 3.63) is 24.0 Å². The van der Waals surface area contributed by atoms with E-state index >= 15 is 0 Å². The van der Waals surface area contributed by atoms with Gasteiger partial charge in [0, 0.05) is 5.39 Å². The number of halogens is 1. The summed E-state index contributed by atoms with van der Waals surface area (Å²) in [5.74, 6) is -0.0863. The molecule has 0 aliphatic heterocycles. The number of carbonyl (C=O) groups excluding carboxylic acids is 1. The van der Waals surface area contributed by atoms with E-state index in [2.05, 4.69) is 15.9 Å². The number of hydrogen-bond acceptors (Lipinski definition) is 5. The van der Waals surface area contributed by atoms with Crippen molar-refractivity contribution >= 4 is 42.8 Å². The van der Waals surface area contributed by atoms with Crippen molar-refractivity contribution in [1.82, 2.24) is 0 Å². The minimum Gasteiger partial charge on any atom is -0.493 e. The lowest BCUT2D eigenvalue weighted by molar-refractivity contribution is 0.0995. The molecule has 0 aliphatic carbocycles. The van der Waals surface area contributed by atoms with Crippen molar-refractivity contribution in [3.8, 4) is 5.75 Å². The molecule has 0 radical (unpaired) electrons. The van der Waals surface area contributed by atoms with Crippen LogP contribution in [-0.2, 0) is 10.1 Å². The van der Waals surface area contributed by atoms with Gasteiger partial charge in [-0.15, -0.1) is 0 Å². The first-order valence-corrected chi connectivity index (χ1v) is 7.62. The Balaban J connectivity index is 2.82. The van der Waals surface area contributed by atoms with Crippen LogP contribution in [0.3, 0.4) is 0 Å². The molecule has 102 valence electrons. The maximum absolute atomic E-state index is 11.6. The second-order valence-electron chi connectivity index (χ2n) is 3.65. The molecule has 2 aromatic rings. The van der Waals surface area contributed by atoms with Gasteiger partial charge in [-0.05, 0) is 18.2 Å². The Labute approximate surface area is 117 Å². The van der Waals surface area contributed by atoms with Gasteiger partial charge in [0.1, 0.15) is 4.90 Å². The van der Waals surface area contributed by atoms with Crippen LogP contribution in [0.25, 0.3) is 11.0 Å². The molecular formula is C11H9BrO6S. The number of benzene rings is 1. The molecule has 1 N–H and O–H groups in total. The minimum atomic E-state index is -4.41. The Morgan fingerprint density at radius 3 is 2.68 bits per heavy atom. The van der Waals surface area contributed by atoms with Crippen LogP contribution in [0.4, 0.5) is 0 Å². The van der Waals surface area contributed by atoms with Crippen LogP contribution in [-0.4, -0.2) is 31.2 Å². The molecule has 1 heterocycles. The smallest absolute Gasteiger partial charge is 0.295 e. The predicted molar refractivity (Wildman–Crippen MR) is 70.7 cm³/mol. The molecule has 0 saturated carbocycles. The number of furan rings is 1. The molecule has 0 unspecified atom stereocenters. The summed E-state index contributed by atoms with van der Waals surface area (Å²) in [5.41, 5.74) is 0.0990. The third kappa shape index (κ3) is 2.51. The number of Topliss-reactive ketones (excluding diaryl/α,β-unsaturated/α-hetero) is 1. The first-order chi connectivity index (χ1) is 8.88. The molecule has 0 fully saturated rings. The van der Waals surface area contributed by atoms with Crippen molar-refractivity contribution in [2.75, 3.05) is 12.4 Å². The van der Waals surface area contributed by atoms with Crippen molar-refractivity contribution < 1.29 is 26.9 Å². The summed E-state index contributed by atoms with van der Waals surface area (Å²) < 4.78 is 42.0. The van der Waals surface area contributed by atoms with Crippen molar-refractivity contribution in [2.45, 2.75) is 4.90 Å². The third-order valence-electron chi connectivity index (χ3n) is 2.50. The van der Waals surface area contributed by atoms with Gasteiger partial charge in [0.2, 0.25) is 5.78 Å². The third-order valence-corrected chi connectivity index (χ3v) is 3.92. The van der Waals surface area contributed by atoms with Gasteiger partial charge in [-0.3, -0.25) is 9.35 Å². The largest absolute Gasteiger partial charge is 0.493 e. The van der Waals surface area contributed by atoms with Crippen LogP contribution in [0, 0.1) is 0 Å². The summed E-state index contributed by atoms with van der Waals surface area (Å²) in [6, 6.07) is 3.80. The molecule has 0 amide bonds. The summed E-state index contributed by atoms with van der Waals surface area (Å²) in [6.07, 6.45) is 0. The zero-order valence-corrected chi connectivity index (χ0v) is 12.1. The summed E-state index contributed by atoms with van der Waals surface area (Å²) >= 11 is 2.99. The van der Waals surface area contributed by atoms with Gasteiger partial charge in [0.05, 0.1) is 12.4 Å². The van der Waals surface area contributed by atoms with Gasteiger partial charge in [-0.25, -0.2) is 0 Å². The molecule has 0 atom stereocenters. The Kier molecular flexibility index (Phi) is 3.66. The van der Waals surface area contributed by atoms with E-state index in [0.29, 0.717) is 0 Å². The lowest BCUT2D eigenvalue weighted by Gasteiger charge is -2.03. The summed E-state index contributed by atoms with van der Waals surface area (Å²) in [4.78, 5) is 11.2. The average Bonchev–Trinajstić information content (AvgIpc) is 2.79. The predicted octanol–water partition coefficient (Wildman–Crippen LogP) is 2.27. The SMILES string of the molecule is COc1ccc(S(=O)(=O)O)c2cc(C(=O)CBr)oc12. The number of hydrogen-bond donors (Lipinski definition) is 1. The molecule has 2 rings (SSSR count). The van der Waals surface area contributed by atoms with E-state index < -0.39 is 10.1 Å². The zero-order chi connectivity index (χ0) is 14.2. The molecule has 6 nitrogen and oxygen atoms in total. The molecule has 0 saturated heterocycles. The number of ether oxygens (including phenoxy) is 1. The molecule has 0 bridgehead atoms. The number of fused-ring (bicyclic) bond motifs is 1. The first-order valence-electron chi connectivity index (χ1n) is 5.05. The number of alkyl halides is 1. The molecule has 1 aromatic carbocycles. The topological polar surface area (TPSA) is 93.8 Å².